The minimum atomic E-state index is 0.0819. The van der Waals surface area contributed by atoms with E-state index in [1.807, 2.05) is 18.2 Å². The Morgan fingerprint density at radius 1 is 0.811 bits per heavy atom. The lowest BCUT2D eigenvalue weighted by molar-refractivity contribution is 0.436. The van der Waals surface area contributed by atoms with E-state index in [4.69, 9.17) is 22.2 Å². The molecular weight excluding hydrogens is 478 g/mol. The zero-order valence-electron chi connectivity index (χ0n) is 21.8. The number of hydrogen-bond donors (Lipinski definition) is 2. The van der Waals surface area contributed by atoms with Crippen molar-refractivity contribution in [3.05, 3.63) is 72.3 Å². The molecule has 2 saturated heterocycles. The summed E-state index contributed by atoms with van der Waals surface area (Å²) in [4.78, 5) is 17.0. The van der Waals surface area contributed by atoms with Gasteiger partial charge in [0.25, 0.3) is 0 Å². The molecule has 0 aliphatic carbocycles. The van der Waals surface area contributed by atoms with Gasteiger partial charge in [-0.1, -0.05) is 55.5 Å². The maximum atomic E-state index is 5.66. The molecule has 1 unspecified atom stereocenters. The van der Waals surface area contributed by atoms with E-state index in [2.05, 4.69) is 87.7 Å². The van der Waals surface area contributed by atoms with Crippen molar-refractivity contribution in [2.75, 3.05) is 59.3 Å². The fourth-order valence-corrected chi connectivity index (χ4v) is 5.30. The third kappa shape index (κ3) is 6.49. The van der Waals surface area contributed by atoms with Crippen molar-refractivity contribution in [2.24, 2.45) is 5.92 Å². The molecule has 1 atom stereocenters. The van der Waals surface area contributed by atoms with E-state index < -0.39 is 0 Å². The van der Waals surface area contributed by atoms with E-state index in [0.717, 1.165) is 56.8 Å². The molecule has 3 aromatic rings. The maximum Gasteiger partial charge on any atom is 0.232 e. The minimum absolute atomic E-state index is 0.0819. The molecule has 194 valence electrons. The lowest BCUT2D eigenvalue weighted by atomic mass is 9.99. The van der Waals surface area contributed by atoms with Crippen molar-refractivity contribution in [3.63, 3.8) is 0 Å². The Hall–Kier alpha value is -3.39. The number of benzene rings is 2. The minimum Gasteiger partial charge on any atom is -0.368 e. The first kappa shape index (κ1) is 25.3. The molecule has 2 aliphatic heterocycles. The van der Waals surface area contributed by atoms with Crippen LogP contribution in [0.3, 0.4) is 0 Å². The lowest BCUT2D eigenvalue weighted by Gasteiger charge is -2.37. The Kier molecular flexibility index (Phi) is 8.04. The maximum absolute atomic E-state index is 5.66. The van der Waals surface area contributed by atoms with E-state index in [9.17, 15) is 0 Å². The molecule has 2 fully saturated rings. The lowest BCUT2D eigenvalue weighted by Crippen LogP contribution is -2.47. The smallest absolute Gasteiger partial charge is 0.232 e. The summed E-state index contributed by atoms with van der Waals surface area (Å²) in [7, 11) is 0. The van der Waals surface area contributed by atoms with Gasteiger partial charge in [0.05, 0.1) is 6.04 Å². The first-order valence-corrected chi connectivity index (χ1v) is 13.8. The number of hydrogen-bond acceptors (Lipinski definition) is 6. The number of piperidine rings is 1. The largest absolute Gasteiger partial charge is 0.368 e. The summed E-state index contributed by atoms with van der Waals surface area (Å²) >= 11 is 5.66. The topological polar surface area (TPSA) is 59.6 Å². The summed E-state index contributed by atoms with van der Waals surface area (Å²) in [5.74, 6) is 3.24. The van der Waals surface area contributed by atoms with Gasteiger partial charge >= 0.3 is 0 Å². The summed E-state index contributed by atoms with van der Waals surface area (Å²) < 4.78 is 0. The van der Waals surface area contributed by atoms with Gasteiger partial charge in [-0.15, -0.1) is 0 Å². The van der Waals surface area contributed by atoms with Crippen LogP contribution in [-0.4, -0.2) is 54.3 Å². The third-order valence-corrected chi connectivity index (χ3v) is 7.62. The van der Waals surface area contributed by atoms with Gasteiger partial charge in [0.1, 0.15) is 11.6 Å². The molecule has 3 heterocycles. The number of aromatic nitrogens is 2. The Balaban J connectivity index is 1.31. The van der Waals surface area contributed by atoms with Crippen LogP contribution in [0.2, 0.25) is 0 Å². The van der Waals surface area contributed by atoms with Crippen LogP contribution in [0.4, 0.5) is 23.3 Å². The second-order valence-corrected chi connectivity index (χ2v) is 10.5. The first-order chi connectivity index (χ1) is 18.0. The van der Waals surface area contributed by atoms with E-state index in [-0.39, 0.29) is 6.04 Å². The summed E-state index contributed by atoms with van der Waals surface area (Å²) in [5, 5.41) is 7.19. The highest BCUT2D eigenvalue weighted by molar-refractivity contribution is 7.80. The van der Waals surface area contributed by atoms with Crippen molar-refractivity contribution in [3.8, 4) is 0 Å². The fourth-order valence-electron chi connectivity index (χ4n) is 5.03. The van der Waals surface area contributed by atoms with Crippen LogP contribution in [-0.2, 0) is 0 Å². The van der Waals surface area contributed by atoms with Crippen LogP contribution in [0.5, 0.6) is 0 Å². The molecule has 0 bridgehead atoms. The van der Waals surface area contributed by atoms with Gasteiger partial charge in [-0.05, 0) is 55.6 Å². The molecule has 0 radical (unpaired) electrons. The Morgan fingerprint density at radius 2 is 1.35 bits per heavy atom. The van der Waals surface area contributed by atoms with Crippen LogP contribution >= 0.6 is 12.2 Å². The highest BCUT2D eigenvalue weighted by atomic mass is 32.1. The van der Waals surface area contributed by atoms with Crippen molar-refractivity contribution >= 4 is 40.6 Å². The molecule has 2 aromatic carbocycles. The molecular formula is C29H37N7S. The molecule has 0 spiro atoms. The predicted molar refractivity (Wildman–Crippen MR) is 158 cm³/mol. The molecule has 2 aliphatic rings. The SMILES string of the molecule is CC1CCN(c2cc(N3CCN(c4ccccc4)CC3)nc(NC(=S)NC(C)c3ccccc3)n2)CC1. The first-order valence-electron chi connectivity index (χ1n) is 13.4. The van der Waals surface area contributed by atoms with E-state index in [0.29, 0.717) is 11.1 Å². The number of nitrogens with one attached hydrogen (secondary N) is 2. The highest BCUT2D eigenvalue weighted by Crippen LogP contribution is 2.27. The highest BCUT2D eigenvalue weighted by Gasteiger charge is 2.23. The molecule has 2 N–H and O–H groups in total. The average molecular weight is 516 g/mol. The zero-order valence-corrected chi connectivity index (χ0v) is 22.6. The molecule has 5 rings (SSSR count). The summed E-state index contributed by atoms with van der Waals surface area (Å²) in [6.45, 7) is 10.2. The third-order valence-electron chi connectivity index (χ3n) is 7.40. The van der Waals surface area contributed by atoms with E-state index in [1.54, 1.807) is 0 Å². The number of piperazine rings is 1. The van der Waals surface area contributed by atoms with Gasteiger partial charge in [-0.25, -0.2) is 0 Å². The number of anilines is 4. The van der Waals surface area contributed by atoms with Crippen LogP contribution in [0, 0.1) is 5.92 Å². The van der Waals surface area contributed by atoms with Gasteiger partial charge in [0, 0.05) is 51.0 Å². The van der Waals surface area contributed by atoms with Crippen LogP contribution < -0.4 is 25.3 Å². The Morgan fingerprint density at radius 3 is 1.97 bits per heavy atom. The van der Waals surface area contributed by atoms with Gasteiger partial charge in [0.15, 0.2) is 5.11 Å². The van der Waals surface area contributed by atoms with Gasteiger partial charge in [0.2, 0.25) is 5.95 Å². The molecule has 7 nitrogen and oxygen atoms in total. The van der Waals surface area contributed by atoms with Crippen LogP contribution in [0.15, 0.2) is 66.7 Å². The summed E-state index contributed by atoms with van der Waals surface area (Å²) in [6.07, 6.45) is 2.37. The fraction of sp³-hybridized carbons (Fsp3) is 0.414. The van der Waals surface area contributed by atoms with E-state index in [1.165, 1.54) is 24.1 Å². The number of para-hydroxylation sites is 1. The van der Waals surface area contributed by atoms with Gasteiger partial charge < -0.3 is 25.3 Å². The Bertz CT molecular complexity index is 1160. The van der Waals surface area contributed by atoms with Crippen molar-refractivity contribution in [2.45, 2.75) is 32.7 Å². The van der Waals surface area contributed by atoms with Crippen molar-refractivity contribution in [1.82, 2.24) is 15.3 Å². The molecule has 1 aromatic heterocycles. The predicted octanol–water partition coefficient (Wildman–Crippen LogP) is 5.09. The van der Waals surface area contributed by atoms with Gasteiger partial charge in [-0.2, -0.15) is 9.97 Å². The second-order valence-electron chi connectivity index (χ2n) is 10.1. The van der Waals surface area contributed by atoms with Gasteiger partial charge in [-0.3, -0.25) is 0 Å². The zero-order chi connectivity index (χ0) is 25.6. The molecule has 8 heteroatoms. The van der Waals surface area contributed by atoms with E-state index >= 15 is 0 Å². The molecule has 37 heavy (non-hydrogen) atoms. The average Bonchev–Trinajstić information content (AvgIpc) is 2.94. The van der Waals surface area contributed by atoms with Crippen LogP contribution in [0.25, 0.3) is 0 Å². The van der Waals surface area contributed by atoms with Crippen molar-refractivity contribution in [1.29, 1.82) is 0 Å². The van der Waals surface area contributed by atoms with Crippen molar-refractivity contribution < 1.29 is 0 Å². The quantitative estimate of drug-likeness (QED) is 0.441. The number of rotatable bonds is 6. The monoisotopic (exact) mass is 515 g/mol. The normalized spacial score (nSPS) is 17.4. The second kappa shape index (κ2) is 11.8. The summed E-state index contributed by atoms with van der Waals surface area (Å²) in [6, 6.07) is 23.2. The molecule has 0 amide bonds. The summed E-state index contributed by atoms with van der Waals surface area (Å²) in [5.41, 5.74) is 2.46. The van der Waals surface area contributed by atoms with Crippen LogP contribution in [0.1, 0.15) is 38.3 Å². The molecule has 0 saturated carbocycles. The number of nitrogens with zero attached hydrogens (tertiary/aromatic N) is 5. The standard InChI is InChI=1S/C29H37N7S/c1-22-13-15-35(16-14-22)26-21-27(36-19-17-34(18-20-36)25-11-7-4-8-12-25)32-28(31-26)33-29(37)30-23(2)24-9-5-3-6-10-24/h3-12,21-23H,13-20H2,1-2H3,(H2,30,31,32,33,37). The number of thiocarbonyl (C=S) groups is 1. The Labute approximate surface area is 225 Å².